The van der Waals surface area contributed by atoms with E-state index in [1.165, 1.54) is 6.42 Å². The van der Waals surface area contributed by atoms with Gasteiger partial charge in [-0.3, -0.25) is 4.79 Å². The van der Waals surface area contributed by atoms with Gasteiger partial charge in [-0.05, 0) is 57.3 Å². The lowest BCUT2D eigenvalue weighted by molar-refractivity contribution is -0.167. The zero-order valence-electron chi connectivity index (χ0n) is 9.87. The van der Waals surface area contributed by atoms with Crippen LogP contribution in [0, 0.1) is 17.3 Å². The van der Waals surface area contributed by atoms with Gasteiger partial charge >= 0.3 is 5.97 Å². The zero-order valence-corrected chi connectivity index (χ0v) is 9.87. The summed E-state index contributed by atoms with van der Waals surface area (Å²) in [6.45, 7) is 2.25. The van der Waals surface area contributed by atoms with Crippen LogP contribution in [-0.2, 0) is 9.53 Å². The topological polar surface area (TPSA) is 46.5 Å². The minimum atomic E-state index is -0.734. The van der Waals surface area contributed by atoms with E-state index < -0.39 is 11.0 Å². The maximum atomic E-state index is 12.0. The average molecular weight is 224 g/mol. The van der Waals surface area contributed by atoms with Gasteiger partial charge in [-0.25, -0.2) is 0 Å². The van der Waals surface area contributed by atoms with Crippen molar-refractivity contribution in [2.45, 2.75) is 51.0 Å². The molecular weight excluding hydrogens is 204 g/mol. The number of carbonyl (C=O) groups excluding carboxylic acids is 1. The number of ether oxygens (including phenoxy) is 1. The molecule has 16 heavy (non-hydrogen) atoms. The Morgan fingerprint density at radius 2 is 2.19 bits per heavy atom. The van der Waals surface area contributed by atoms with Crippen LogP contribution in [0.3, 0.4) is 0 Å². The van der Waals surface area contributed by atoms with Crippen molar-refractivity contribution in [2.75, 3.05) is 6.61 Å². The maximum Gasteiger partial charge on any atom is 0.315 e. The Morgan fingerprint density at radius 1 is 1.44 bits per heavy atom. The van der Waals surface area contributed by atoms with Gasteiger partial charge in [-0.1, -0.05) is 0 Å². The quantitative estimate of drug-likeness (QED) is 0.744. The number of rotatable bonds is 3. The Bertz CT molecular complexity index is 321. The third-order valence-electron chi connectivity index (χ3n) is 5.06. The van der Waals surface area contributed by atoms with Crippen molar-refractivity contribution >= 4 is 5.97 Å². The minimum Gasteiger partial charge on any atom is -0.465 e. The van der Waals surface area contributed by atoms with Crippen molar-refractivity contribution in [3.8, 4) is 0 Å². The largest absolute Gasteiger partial charge is 0.465 e. The molecule has 0 amide bonds. The molecule has 3 heteroatoms. The smallest absolute Gasteiger partial charge is 0.315 e. The summed E-state index contributed by atoms with van der Waals surface area (Å²) < 4.78 is 5.16. The Labute approximate surface area is 96.2 Å². The first-order valence-electron chi connectivity index (χ1n) is 6.52. The van der Waals surface area contributed by atoms with Gasteiger partial charge in [0.05, 0.1) is 17.6 Å². The normalized spacial score (nSPS) is 43.4. The van der Waals surface area contributed by atoms with E-state index in [4.69, 9.17) is 4.74 Å². The summed E-state index contributed by atoms with van der Waals surface area (Å²) in [6.07, 6.45) is 5.94. The number of fused-ring (bicyclic) bond motifs is 2. The van der Waals surface area contributed by atoms with E-state index in [9.17, 15) is 9.90 Å². The predicted octanol–water partition coefficient (Wildman–Crippen LogP) is 1.88. The molecule has 1 N–H and O–H groups in total. The van der Waals surface area contributed by atoms with Crippen LogP contribution in [0.25, 0.3) is 0 Å². The molecule has 0 heterocycles. The van der Waals surface area contributed by atoms with E-state index in [1.807, 2.05) is 6.92 Å². The molecule has 3 aliphatic rings. The van der Waals surface area contributed by atoms with Gasteiger partial charge in [0.25, 0.3) is 0 Å². The summed E-state index contributed by atoms with van der Waals surface area (Å²) in [5, 5.41) is 10.9. The van der Waals surface area contributed by atoms with Gasteiger partial charge in [0.15, 0.2) is 0 Å². The van der Waals surface area contributed by atoms with E-state index in [2.05, 4.69) is 0 Å². The standard InChI is InChI=1S/C13H20O3/c1-2-16-11(14)12(5-6-12)13(15)8-9-3-4-10(13)7-9/h9-10,15H,2-8H2,1H3. The average Bonchev–Trinajstić information content (AvgIpc) is 2.87. The van der Waals surface area contributed by atoms with Crippen LogP contribution in [-0.4, -0.2) is 23.3 Å². The van der Waals surface area contributed by atoms with Gasteiger partial charge in [-0.15, -0.1) is 0 Å². The number of hydrogen-bond acceptors (Lipinski definition) is 3. The molecule has 0 aliphatic heterocycles. The minimum absolute atomic E-state index is 0.148. The highest BCUT2D eigenvalue weighted by Gasteiger charge is 2.70. The van der Waals surface area contributed by atoms with Gasteiger partial charge in [-0.2, -0.15) is 0 Å². The van der Waals surface area contributed by atoms with Crippen molar-refractivity contribution in [3.63, 3.8) is 0 Å². The van der Waals surface area contributed by atoms with Crippen LogP contribution in [0.2, 0.25) is 0 Å². The molecule has 3 aliphatic carbocycles. The van der Waals surface area contributed by atoms with Crippen LogP contribution in [0.1, 0.15) is 45.4 Å². The molecule has 3 atom stereocenters. The fourth-order valence-corrected chi connectivity index (χ4v) is 4.09. The lowest BCUT2D eigenvalue weighted by atomic mass is 9.72. The second-order valence-corrected chi connectivity index (χ2v) is 5.81. The van der Waals surface area contributed by atoms with E-state index in [0.717, 1.165) is 32.1 Å². The van der Waals surface area contributed by atoms with Crippen molar-refractivity contribution in [1.29, 1.82) is 0 Å². The van der Waals surface area contributed by atoms with Crippen molar-refractivity contribution in [2.24, 2.45) is 17.3 Å². The molecule has 3 unspecified atom stereocenters. The number of hydrogen-bond donors (Lipinski definition) is 1. The van der Waals surface area contributed by atoms with Crippen LogP contribution in [0.15, 0.2) is 0 Å². The first-order chi connectivity index (χ1) is 7.62. The third-order valence-corrected chi connectivity index (χ3v) is 5.06. The number of carbonyl (C=O) groups is 1. The molecule has 3 saturated carbocycles. The van der Waals surface area contributed by atoms with Crippen LogP contribution in [0.5, 0.6) is 0 Å². The van der Waals surface area contributed by atoms with E-state index in [1.54, 1.807) is 0 Å². The Morgan fingerprint density at radius 3 is 2.62 bits per heavy atom. The highest BCUT2D eigenvalue weighted by molar-refractivity contribution is 5.81. The first kappa shape index (κ1) is 10.6. The molecule has 2 bridgehead atoms. The molecule has 3 fully saturated rings. The first-order valence-corrected chi connectivity index (χ1v) is 6.52. The predicted molar refractivity (Wildman–Crippen MR) is 58.7 cm³/mol. The lowest BCUT2D eigenvalue weighted by Gasteiger charge is -2.38. The lowest BCUT2D eigenvalue weighted by Crippen LogP contribution is -2.49. The fourth-order valence-electron chi connectivity index (χ4n) is 4.09. The third kappa shape index (κ3) is 1.15. The highest BCUT2D eigenvalue weighted by Crippen LogP contribution is 2.66. The molecule has 0 aromatic rings. The molecular formula is C13H20O3. The Hall–Kier alpha value is -0.570. The zero-order chi connectivity index (χ0) is 11.4. The number of esters is 1. The molecule has 3 nitrogen and oxygen atoms in total. The van der Waals surface area contributed by atoms with Crippen LogP contribution in [0.4, 0.5) is 0 Å². The molecule has 3 rings (SSSR count). The fraction of sp³-hybridized carbons (Fsp3) is 0.923. The second kappa shape index (κ2) is 3.22. The SMILES string of the molecule is CCOC(=O)C1(C2(O)CC3CCC2C3)CC1. The van der Waals surface area contributed by atoms with Gasteiger partial charge in [0, 0.05) is 0 Å². The van der Waals surface area contributed by atoms with E-state index in [0.29, 0.717) is 18.4 Å². The van der Waals surface area contributed by atoms with Crippen LogP contribution < -0.4 is 0 Å². The highest BCUT2D eigenvalue weighted by atomic mass is 16.5. The Balaban J connectivity index is 1.84. The van der Waals surface area contributed by atoms with Gasteiger partial charge in [0.1, 0.15) is 0 Å². The van der Waals surface area contributed by atoms with Crippen LogP contribution >= 0.6 is 0 Å². The van der Waals surface area contributed by atoms with E-state index in [-0.39, 0.29) is 5.97 Å². The molecule has 90 valence electrons. The summed E-state index contributed by atoms with van der Waals surface area (Å²) >= 11 is 0. The van der Waals surface area contributed by atoms with E-state index >= 15 is 0 Å². The summed E-state index contributed by atoms with van der Waals surface area (Å²) in [7, 11) is 0. The summed E-state index contributed by atoms with van der Waals surface area (Å²) in [4.78, 5) is 12.0. The maximum absolute atomic E-state index is 12.0. The van der Waals surface area contributed by atoms with Crippen molar-refractivity contribution in [1.82, 2.24) is 0 Å². The summed E-state index contributed by atoms with van der Waals surface area (Å²) in [6, 6.07) is 0. The second-order valence-electron chi connectivity index (χ2n) is 5.81. The Kier molecular flexibility index (Phi) is 2.13. The molecule has 0 saturated heterocycles. The molecule has 0 aromatic heterocycles. The molecule has 0 spiro atoms. The molecule has 0 radical (unpaired) electrons. The monoisotopic (exact) mass is 224 g/mol. The molecule has 0 aromatic carbocycles. The van der Waals surface area contributed by atoms with Crippen molar-refractivity contribution < 1.29 is 14.6 Å². The number of aliphatic hydroxyl groups is 1. The van der Waals surface area contributed by atoms with Gasteiger partial charge < -0.3 is 9.84 Å². The summed E-state index contributed by atoms with van der Waals surface area (Å²) in [5.74, 6) is 0.858. The summed E-state index contributed by atoms with van der Waals surface area (Å²) in [5.41, 5.74) is -1.26. The van der Waals surface area contributed by atoms with Crippen molar-refractivity contribution in [3.05, 3.63) is 0 Å². The van der Waals surface area contributed by atoms with Gasteiger partial charge in [0.2, 0.25) is 0 Å².